The van der Waals surface area contributed by atoms with Gasteiger partial charge in [-0.25, -0.2) is 4.79 Å². The lowest BCUT2D eigenvalue weighted by Crippen LogP contribution is -2.54. The highest BCUT2D eigenvalue weighted by Crippen LogP contribution is 2.22. The van der Waals surface area contributed by atoms with Gasteiger partial charge in [0.1, 0.15) is 6.61 Å². The normalized spacial score (nSPS) is 16.8. The van der Waals surface area contributed by atoms with Gasteiger partial charge >= 0.3 is 6.09 Å². The molecular weight excluding hydrogens is 246 g/mol. The van der Waals surface area contributed by atoms with Gasteiger partial charge in [-0.05, 0) is 12.0 Å². The van der Waals surface area contributed by atoms with Crippen LogP contribution in [0, 0.1) is 5.92 Å². The van der Waals surface area contributed by atoms with Crippen LogP contribution < -0.4 is 0 Å². The Morgan fingerprint density at radius 2 is 2.05 bits per heavy atom. The molecule has 1 atom stereocenters. The van der Waals surface area contributed by atoms with Crippen LogP contribution in [0.5, 0.6) is 0 Å². The second kappa shape index (κ2) is 6.54. The number of carbonyl (C=O) groups is 1. The van der Waals surface area contributed by atoms with Crippen LogP contribution in [0.2, 0.25) is 0 Å². The van der Waals surface area contributed by atoms with Crippen LogP contribution >= 0.6 is 0 Å². The van der Waals surface area contributed by atoms with Crippen LogP contribution in [0.25, 0.3) is 0 Å². The van der Waals surface area contributed by atoms with E-state index >= 15 is 0 Å². The summed E-state index contributed by atoms with van der Waals surface area (Å²) in [5.41, 5.74) is 0.952. The number of carbonyl (C=O) groups excluding carboxylic acids is 1. The number of rotatable bonds is 5. The first-order valence-corrected chi connectivity index (χ1v) is 6.45. The standard InChI is InChI=1S/C14H19NO4/c16-7-6-13(17)12-8-15(9-12)14(18)19-10-11-4-2-1-3-5-11/h1-5,12-13,16-17H,6-10H2/t13-/m1/s1. The molecule has 2 rings (SSSR count). The third-order valence-corrected chi connectivity index (χ3v) is 3.34. The van der Waals surface area contributed by atoms with Crippen LogP contribution in [-0.2, 0) is 11.3 Å². The summed E-state index contributed by atoms with van der Waals surface area (Å²) in [6.45, 7) is 1.22. The van der Waals surface area contributed by atoms with Crippen molar-refractivity contribution in [3.8, 4) is 0 Å². The third kappa shape index (κ3) is 3.68. The van der Waals surface area contributed by atoms with Crippen molar-refractivity contribution in [2.24, 2.45) is 5.92 Å². The summed E-state index contributed by atoms with van der Waals surface area (Å²) in [6, 6.07) is 9.50. The molecule has 1 aromatic carbocycles. The summed E-state index contributed by atoms with van der Waals surface area (Å²) in [5, 5.41) is 18.4. The zero-order valence-corrected chi connectivity index (χ0v) is 10.7. The van der Waals surface area contributed by atoms with E-state index in [1.54, 1.807) is 4.90 Å². The average molecular weight is 265 g/mol. The Bertz CT molecular complexity index is 403. The van der Waals surface area contributed by atoms with E-state index in [1.807, 2.05) is 30.3 Å². The van der Waals surface area contributed by atoms with Gasteiger partial charge < -0.3 is 19.8 Å². The third-order valence-electron chi connectivity index (χ3n) is 3.34. The van der Waals surface area contributed by atoms with Crippen molar-refractivity contribution in [3.63, 3.8) is 0 Å². The molecule has 1 saturated heterocycles. The second-order valence-corrected chi connectivity index (χ2v) is 4.78. The second-order valence-electron chi connectivity index (χ2n) is 4.78. The van der Waals surface area contributed by atoms with Crippen molar-refractivity contribution >= 4 is 6.09 Å². The Morgan fingerprint density at radius 1 is 1.37 bits per heavy atom. The number of amides is 1. The molecule has 1 aliphatic rings. The zero-order valence-electron chi connectivity index (χ0n) is 10.7. The molecule has 0 saturated carbocycles. The highest BCUT2D eigenvalue weighted by atomic mass is 16.6. The highest BCUT2D eigenvalue weighted by molar-refractivity contribution is 5.68. The Morgan fingerprint density at radius 3 is 2.68 bits per heavy atom. The van der Waals surface area contributed by atoms with Crippen LogP contribution in [0.3, 0.4) is 0 Å². The molecule has 0 spiro atoms. The Kier molecular flexibility index (Phi) is 4.76. The number of aliphatic hydroxyl groups is 2. The van der Waals surface area contributed by atoms with Gasteiger partial charge in [0.05, 0.1) is 6.10 Å². The maximum atomic E-state index is 11.7. The van der Waals surface area contributed by atoms with Crippen molar-refractivity contribution in [2.45, 2.75) is 19.1 Å². The molecule has 5 heteroatoms. The van der Waals surface area contributed by atoms with E-state index in [1.165, 1.54) is 0 Å². The van der Waals surface area contributed by atoms with Crippen LogP contribution in [-0.4, -0.2) is 47.0 Å². The molecule has 1 aliphatic heterocycles. The van der Waals surface area contributed by atoms with E-state index in [2.05, 4.69) is 0 Å². The summed E-state index contributed by atoms with van der Waals surface area (Å²) < 4.78 is 5.18. The maximum absolute atomic E-state index is 11.7. The fraction of sp³-hybridized carbons (Fsp3) is 0.500. The molecule has 0 radical (unpaired) electrons. The van der Waals surface area contributed by atoms with Gasteiger partial charge in [-0.15, -0.1) is 0 Å². The molecule has 19 heavy (non-hydrogen) atoms. The number of ether oxygens (including phenoxy) is 1. The molecule has 1 aromatic rings. The Balaban J connectivity index is 1.69. The molecule has 104 valence electrons. The highest BCUT2D eigenvalue weighted by Gasteiger charge is 2.35. The smallest absolute Gasteiger partial charge is 0.410 e. The summed E-state index contributed by atoms with van der Waals surface area (Å²) in [6.07, 6.45) is -0.531. The SMILES string of the molecule is O=C(OCc1ccccc1)N1CC([C@H](O)CCO)C1. The topological polar surface area (TPSA) is 70.0 Å². The maximum Gasteiger partial charge on any atom is 0.410 e. The van der Waals surface area contributed by atoms with Gasteiger partial charge in [0, 0.05) is 25.6 Å². The molecule has 2 N–H and O–H groups in total. The first kappa shape index (κ1) is 13.8. The van der Waals surface area contributed by atoms with E-state index in [9.17, 15) is 9.90 Å². The monoisotopic (exact) mass is 265 g/mol. The van der Waals surface area contributed by atoms with Crippen molar-refractivity contribution < 1.29 is 19.7 Å². The fourth-order valence-corrected chi connectivity index (χ4v) is 2.08. The molecule has 1 heterocycles. The van der Waals surface area contributed by atoms with Crippen molar-refractivity contribution in [2.75, 3.05) is 19.7 Å². The van der Waals surface area contributed by atoms with Crippen LogP contribution in [0.1, 0.15) is 12.0 Å². The van der Waals surface area contributed by atoms with E-state index < -0.39 is 6.10 Å². The van der Waals surface area contributed by atoms with Gasteiger partial charge in [-0.1, -0.05) is 30.3 Å². The lowest BCUT2D eigenvalue weighted by Gasteiger charge is -2.40. The van der Waals surface area contributed by atoms with Gasteiger partial charge in [0.15, 0.2) is 0 Å². The fourth-order valence-electron chi connectivity index (χ4n) is 2.08. The first-order chi connectivity index (χ1) is 9.20. The lowest BCUT2D eigenvalue weighted by molar-refractivity contribution is -0.0157. The minimum absolute atomic E-state index is 0.0316. The quantitative estimate of drug-likeness (QED) is 0.833. The first-order valence-electron chi connectivity index (χ1n) is 6.45. The number of hydrogen-bond acceptors (Lipinski definition) is 4. The number of aliphatic hydroxyl groups excluding tert-OH is 2. The van der Waals surface area contributed by atoms with Crippen molar-refractivity contribution in [1.29, 1.82) is 0 Å². The number of likely N-dealkylation sites (tertiary alicyclic amines) is 1. The largest absolute Gasteiger partial charge is 0.445 e. The van der Waals surface area contributed by atoms with Crippen LogP contribution in [0.15, 0.2) is 30.3 Å². The number of nitrogens with zero attached hydrogens (tertiary/aromatic N) is 1. The number of hydrogen-bond donors (Lipinski definition) is 2. The minimum atomic E-state index is -0.539. The molecule has 0 unspecified atom stereocenters. The zero-order chi connectivity index (χ0) is 13.7. The average Bonchev–Trinajstić information content (AvgIpc) is 2.36. The molecule has 5 nitrogen and oxygen atoms in total. The summed E-state index contributed by atoms with van der Waals surface area (Å²) in [4.78, 5) is 13.3. The van der Waals surface area contributed by atoms with Gasteiger partial charge in [-0.3, -0.25) is 0 Å². The van der Waals surface area contributed by atoms with E-state index in [0.717, 1.165) is 5.56 Å². The molecule has 1 amide bonds. The van der Waals surface area contributed by atoms with Crippen molar-refractivity contribution in [3.05, 3.63) is 35.9 Å². The minimum Gasteiger partial charge on any atom is -0.445 e. The van der Waals surface area contributed by atoms with Crippen LogP contribution in [0.4, 0.5) is 4.79 Å². The van der Waals surface area contributed by atoms with Gasteiger partial charge in [-0.2, -0.15) is 0 Å². The Labute approximate surface area is 112 Å². The predicted molar refractivity (Wildman–Crippen MR) is 69.4 cm³/mol. The Hall–Kier alpha value is -1.59. The van der Waals surface area contributed by atoms with Gasteiger partial charge in [0.25, 0.3) is 0 Å². The molecular formula is C14H19NO4. The predicted octanol–water partition coefficient (Wildman–Crippen LogP) is 0.998. The number of benzene rings is 1. The summed E-state index contributed by atoms with van der Waals surface area (Å²) >= 11 is 0. The lowest BCUT2D eigenvalue weighted by atomic mass is 9.92. The molecule has 0 bridgehead atoms. The summed E-state index contributed by atoms with van der Waals surface area (Å²) in [7, 11) is 0. The summed E-state index contributed by atoms with van der Waals surface area (Å²) in [5.74, 6) is 0.0522. The van der Waals surface area contributed by atoms with E-state index in [0.29, 0.717) is 19.5 Å². The molecule has 0 aliphatic carbocycles. The van der Waals surface area contributed by atoms with Gasteiger partial charge in [0.2, 0.25) is 0 Å². The van der Waals surface area contributed by atoms with E-state index in [-0.39, 0.29) is 25.2 Å². The van der Waals surface area contributed by atoms with Crippen molar-refractivity contribution in [1.82, 2.24) is 4.90 Å². The van der Waals surface area contributed by atoms with E-state index in [4.69, 9.17) is 9.84 Å². The molecule has 0 aromatic heterocycles. The molecule has 1 fully saturated rings.